The van der Waals surface area contributed by atoms with Gasteiger partial charge in [-0.2, -0.15) is 5.10 Å². The second kappa shape index (κ2) is 10.6. The number of nitrogens with one attached hydrogen (secondary N) is 3. The molecule has 4 rings (SSSR count). The normalized spacial score (nSPS) is 10.8. The summed E-state index contributed by atoms with van der Waals surface area (Å²) in [6.07, 6.45) is 1.91. The predicted octanol–water partition coefficient (Wildman–Crippen LogP) is 4.45. The van der Waals surface area contributed by atoms with Crippen LogP contribution in [0.4, 0.5) is 5.82 Å². The number of aromatic nitrogens is 2. The number of fused-ring (bicyclic) bond motifs is 1. The van der Waals surface area contributed by atoms with Gasteiger partial charge in [-0.3, -0.25) is 9.59 Å². The Bertz CT molecular complexity index is 1310. The van der Waals surface area contributed by atoms with Gasteiger partial charge < -0.3 is 10.6 Å². The van der Waals surface area contributed by atoms with E-state index in [9.17, 15) is 9.59 Å². The van der Waals surface area contributed by atoms with Crippen molar-refractivity contribution >= 4 is 22.5 Å². The molecule has 168 valence electrons. The molecule has 0 saturated carbocycles. The molecular formula is C27H28N4O2. The van der Waals surface area contributed by atoms with Crippen LogP contribution in [-0.2, 0) is 11.2 Å². The van der Waals surface area contributed by atoms with E-state index in [1.165, 1.54) is 16.7 Å². The van der Waals surface area contributed by atoms with Gasteiger partial charge in [0.05, 0.1) is 5.39 Å². The number of benzene rings is 3. The van der Waals surface area contributed by atoms with Crippen molar-refractivity contribution in [2.75, 3.05) is 18.4 Å². The zero-order valence-electron chi connectivity index (χ0n) is 18.7. The van der Waals surface area contributed by atoms with Crippen molar-refractivity contribution < 1.29 is 4.79 Å². The maximum absolute atomic E-state index is 12.3. The first-order chi connectivity index (χ1) is 16.1. The number of carbonyl (C=O) groups is 1. The fraction of sp³-hybridized carbons (Fsp3) is 0.222. The zero-order valence-corrected chi connectivity index (χ0v) is 18.7. The first kappa shape index (κ1) is 22.3. The molecule has 1 aromatic heterocycles. The third-order valence-electron chi connectivity index (χ3n) is 5.58. The number of aromatic amines is 1. The largest absolute Gasteiger partial charge is 0.368 e. The summed E-state index contributed by atoms with van der Waals surface area (Å²) in [5, 5.41) is 14.2. The molecule has 1 heterocycles. The van der Waals surface area contributed by atoms with Crippen LogP contribution in [0.1, 0.15) is 24.0 Å². The Morgan fingerprint density at radius 2 is 1.67 bits per heavy atom. The van der Waals surface area contributed by atoms with Crippen molar-refractivity contribution in [3.8, 4) is 11.1 Å². The second-order valence-corrected chi connectivity index (χ2v) is 8.15. The van der Waals surface area contributed by atoms with Crippen LogP contribution in [0.15, 0.2) is 77.6 Å². The van der Waals surface area contributed by atoms with Gasteiger partial charge in [0.25, 0.3) is 5.56 Å². The molecule has 0 atom stereocenters. The third kappa shape index (κ3) is 5.86. The lowest BCUT2D eigenvalue weighted by atomic mass is 10.00. The molecule has 0 spiro atoms. The van der Waals surface area contributed by atoms with Gasteiger partial charge in [0.2, 0.25) is 5.91 Å². The Labute approximate surface area is 193 Å². The summed E-state index contributed by atoms with van der Waals surface area (Å²) >= 11 is 0. The van der Waals surface area contributed by atoms with E-state index in [4.69, 9.17) is 0 Å². The molecule has 0 aliphatic carbocycles. The Morgan fingerprint density at radius 1 is 0.909 bits per heavy atom. The first-order valence-corrected chi connectivity index (χ1v) is 11.2. The van der Waals surface area contributed by atoms with Crippen LogP contribution in [0.3, 0.4) is 0 Å². The second-order valence-electron chi connectivity index (χ2n) is 8.15. The fourth-order valence-electron chi connectivity index (χ4n) is 3.85. The van der Waals surface area contributed by atoms with Gasteiger partial charge in [-0.15, -0.1) is 0 Å². The van der Waals surface area contributed by atoms with Crippen molar-refractivity contribution in [1.82, 2.24) is 15.5 Å². The first-order valence-electron chi connectivity index (χ1n) is 11.2. The summed E-state index contributed by atoms with van der Waals surface area (Å²) in [6.45, 7) is 3.31. The number of carbonyl (C=O) groups excluding carboxylic acids is 1. The summed E-state index contributed by atoms with van der Waals surface area (Å²) < 4.78 is 0. The average molecular weight is 441 g/mol. The van der Waals surface area contributed by atoms with Gasteiger partial charge in [-0.25, -0.2) is 5.10 Å². The van der Waals surface area contributed by atoms with Crippen LogP contribution in [0.5, 0.6) is 0 Å². The summed E-state index contributed by atoms with van der Waals surface area (Å²) in [5.41, 5.74) is 4.55. The molecule has 3 aromatic carbocycles. The van der Waals surface area contributed by atoms with Crippen molar-refractivity contribution in [3.63, 3.8) is 0 Å². The molecule has 0 fully saturated rings. The predicted molar refractivity (Wildman–Crippen MR) is 133 cm³/mol. The molecule has 0 saturated heterocycles. The lowest BCUT2D eigenvalue weighted by Gasteiger charge is -2.09. The van der Waals surface area contributed by atoms with E-state index in [1.807, 2.05) is 24.3 Å². The van der Waals surface area contributed by atoms with Crippen LogP contribution >= 0.6 is 0 Å². The number of aryl methyl sites for hydroxylation is 2. The molecule has 0 bridgehead atoms. The number of hydrogen-bond acceptors (Lipinski definition) is 4. The molecular weight excluding hydrogens is 412 g/mol. The van der Waals surface area contributed by atoms with Crippen LogP contribution < -0.4 is 16.2 Å². The van der Waals surface area contributed by atoms with Gasteiger partial charge in [-0.1, -0.05) is 72.3 Å². The third-order valence-corrected chi connectivity index (χ3v) is 5.58. The summed E-state index contributed by atoms with van der Waals surface area (Å²) in [5.74, 6) is 0.689. The van der Waals surface area contributed by atoms with Gasteiger partial charge in [0.1, 0.15) is 0 Å². The molecule has 3 N–H and O–H groups in total. The Kier molecular flexibility index (Phi) is 7.15. The average Bonchev–Trinajstić information content (AvgIpc) is 2.84. The van der Waals surface area contributed by atoms with E-state index < -0.39 is 0 Å². The number of hydrogen-bond donors (Lipinski definition) is 3. The minimum absolute atomic E-state index is 0.0450. The van der Waals surface area contributed by atoms with Crippen LogP contribution in [-0.4, -0.2) is 29.2 Å². The van der Waals surface area contributed by atoms with Gasteiger partial charge >= 0.3 is 0 Å². The van der Waals surface area contributed by atoms with Crippen LogP contribution in [0.25, 0.3) is 21.9 Å². The van der Waals surface area contributed by atoms with E-state index in [0.29, 0.717) is 37.1 Å². The molecule has 0 unspecified atom stereocenters. The number of H-pyrrole nitrogens is 1. The molecule has 1 amide bonds. The number of amides is 1. The van der Waals surface area contributed by atoms with E-state index >= 15 is 0 Å². The molecule has 4 aromatic rings. The fourth-order valence-corrected chi connectivity index (χ4v) is 3.85. The maximum atomic E-state index is 12.3. The van der Waals surface area contributed by atoms with Gasteiger partial charge in [-0.05, 0) is 42.5 Å². The van der Waals surface area contributed by atoms with Crippen molar-refractivity contribution in [1.29, 1.82) is 0 Å². The van der Waals surface area contributed by atoms with Crippen LogP contribution in [0, 0.1) is 6.92 Å². The van der Waals surface area contributed by atoms with Crippen molar-refractivity contribution in [3.05, 3.63) is 94.3 Å². The highest BCUT2D eigenvalue weighted by atomic mass is 16.1. The van der Waals surface area contributed by atoms with Crippen molar-refractivity contribution in [2.24, 2.45) is 0 Å². The summed E-state index contributed by atoms with van der Waals surface area (Å²) in [7, 11) is 0. The minimum atomic E-state index is -0.201. The topological polar surface area (TPSA) is 86.9 Å². The smallest absolute Gasteiger partial charge is 0.272 e. The Balaban J connectivity index is 1.21. The number of rotatable bonds is 9. The minimum Gasteiger partial charge on any atom is -0.368 e. The quantitative estimate of drug-likeness (QED) is 0.336. The van der Waals surface area contributed by atoms with E-state index in [-0.39, 0.29) is 11.5 Å². The molecule has 0 aliphatic heterocycles. The van der Waals surface area contributed by atoms with E-state index in [1.54, 1.807) is 6.07 Å². The van der Waals surface area contributed by atoms with Crippen LogP contribution in [0.2, 0.25) is 0 Å². The molecule has 6 heteroatoms. The standard InChI is InChI=1S/C27H28N4O2/c1-19-7-4-9-21(17-19)22-10-5-8-20(18-22)13-14-25(32)28-15-6-16-29-26-23-11-2-3-12-24(23)27(33)31-30-26/h2-5,7-12,17-18H,6,13-16H2,1H3,(H,28,32)(H,29,30)(H,31,33). The Morgan fingerprint density at radius 3 is 2.48 bits per heavy atom. The highest BCUT2D eigenvalue weighted by molar-refractivity contribution is 5.90. The highest BCUT2D eigenvalue weighted by Crippen LogP contribution is 2.22. The van der Waals surface area contributed by atoms with E-state index in [0.717, 1.165) is 17.4 Å². The van der Waals surface area contributed by atoms with Gasteiger partial charge in [0, 0.05) is 24.9 Å². The zero-order chi connectivity index (χ0) is 23.0. The summed E-state index contributed by atoms with van der Waals surface area (Å²) in [4.78, 5) is 24.1. The SMILES string of the molecule is Cc1cccc(-c2cccc(CCC(=O)NCCCNc3n[nH]c(=O)c4ccccc34)c2)c1. The Hall–Kier alpha value is -3.93. The van der Waals surface area contributed by atoms with Gasteiger partial charge in [0.15, 0.2) is 5.82 Å². The molecule has 0 radical (unpaired) electrons. The molecule has 33 heavy (non-hydrogen) atoms. The molecule has 6 nitrogen and oxygen atoms in total. The lowest BCUT2D eigenvalue weighted by molar-refractivity contribution is -0.121. The highest BCUT2D eigenvalue weighted by Gasteiger charge is 2.06. The number of anilines is 1. The number of nitrogens with zero attached hydrogens (tertiary/aromatic N) is 1. The monoisotopic (exact) mass is 440 g/mol. The summed E-state index contributed by atoms with van der Waals surface area (Å²) in [6, 6.07) is 24.2. The lowest BCUT2D eigenvalue weighted by Crippen LogP contribution is -2.26. The maximum Gasteiger partial charge on any atom is 0.272 e. The van der Waals surface area contributed by atoms with E-state index in [2.05, 4.69) is 70.2 Å². The van der Waals surface area contributed by atoms with Crippen molar-refractivity contribution in [2.45, 2.75) is 26.2 Å². The molecule has 0 aliphatic rings.